The maximum absolute atomic E-state index is 13.7. The molecule has 0 radical (unpaired) electrons. The first-order chi connectivity index (χ1) is 13.5. The second-order valence-electron chi connectivity index (χ2n) is 7.32. The van der Waals surface area contributed by atoms with Gasteiger partial charge >= 0.3 is 5.97 Å². The first-order valence-corrected chi connectivity index (χ1v) is 10.6. The number of fused-ring (bicyclic) bond motifs is 3. The van der Waals surface area contributed by atoms with Crippen LogP contribution in [0.2, 0.25) is 0 Å². The number of nitrogens with zero attached hydrogens (tertiary/aromatic N) is 2. The molecule has 0 bridgehead atoms. The SMILES string of the molecule is CCC(C(=O)OC)n1c(-c2cccc(C)c2)nc2sc3c(c2c1=O)CCCC3. The highest BCUT2D eigenvalue weighted by Gasteiger charge is 2.28. The van der Waals surface area contributed by atoms with Crippen molar-refractivity contribution in [3.8, 4) is 11.4 Å². The van der Waals surface area contributed by atoms with Gasteiger partial charge < -0.3 is 4.74 Å². The van der Waals surface area contributed by atoms with E-state index in [2.05, 4.69) is 0 Å². The maximum atomic E-state index is 13.7. The molecule has 0 N–H and O–H groups in total. The van der Waals surface area contributed by atoms with Crippen molar-refractivity contribution >= 4 is 27.5 Å². The summed E-state index contributed by atoms with van der Waals surface area (Å²) in [6, 6.07) is 7.20. The molecule has 0 fully saturated rings. The fourth-order valence-corrected chi connectivity index (χ4v) is 5.34. The first-order valence-electron chi connectivity index (χ1n) is 9.76. The average Bonchev–Trinajstić information content (AvgIpc) is 3.08. The molecule has 5 nitrogen and oxygen atoms in total. The second-order valence-corrected chi connectivity index (χ2v) is 8.40. The molecule has 146 valence electrons. The highest BCUT2D eigenvalue weighted by atomic mass is 32.1. The number of hydrogen-bond donors (Lipinski definition) is 0. The van der Waals surface area contributed by atoms with Crippen molar-refractivity contribution in [2.45, 2.75) is 52.0 Å². The molecule has 6 heteroatoms. The third-order valence-corrected chi connectivity index (χ3v) is 6.65. The van der Waals surface area contributed by atoms with E-state index in [-0.39, 0.29) is 5.56 Å². The smallest absolute Gasteiger partial charge is 0.329 e. The van der Waals surface area contributed by atoms with Crippen LogP contribution in [0.5, 0.6) is 0 Å². The van der Waals surface area contributed by atoms with Gasteiger partial charge in [0, 0.05) is 10.4 Å². The van der Waals surface area contributed by atoms with Crippen molar-refractivity contribution in [1.82, 2.24) is 9.55 Å². The molecule has 0 spiro atoms. The Bertz CT molecular complexity index is 1110. The van der Waals surface area contributed by atoms with E-state index < -0.39 is 12.0 Å². The Kier molecular flexibility index (Phi) is 5.06. The van der Waals surface area contributed by atoms with Crippen LogP contribution >= 0.6 is 11.3 Å². The van der Waals surface area contributed by atoms with Crippen molar-refractivity contribution < 1.29 is 9.53 Å². The predicted molar refractivity (Wildman–Crippen MR) is 112 cm³/mol. The molecule has 0 amide bonds. The van der Waals surface area contributed by atoms with Gasteiger partial charge in [-0.1, -0.05) is 30.7 Å². The van der Waals surface area contributed by atoms with E-state index in [1.807, 2.05) is 38.1 Å². The zero-order valence-corrected chi connectivity index (χ0v) is 17.3. The zero-order chi connectivity index (χ0) is 19.8. The fourth-order valence-electron chi connectivity index (χ4n) is 4.09. The van der Waals surface area contributed by atoms with Crippen molar-refractivity contribution in [2.24, 2.45) is 0 Å². The molecule has 4 rings (SSSR count). The molecule has 3 aromatic rings. The van der Waals surface area contributed by atoms with E-state index in [0.717, 1.165) is 47.2 Å². The molecule has 0 aliphatic heterocycles. The van der Waals surface area contributed by atoms with E-state index >= 15 is 0 Å². The van der Waals surface area contributed by atoms with Crippen LogP contribution in [0.15, 0.2) is 29.1 Å². The number of ether oxygens (including phenoxy) is 1. The summed E-state index contributed by atoms with van der Waals surface area (Å²) in [5.74, 6) is 0.126. The molecular formula is C22H24N2O3S. The van der Waals surface area contributed by atoms with Crippen LogP contribution in [0.25, 0.3) is 21.6 Å². The molecular weight excluding hydrogens is 372 g/mol. The van der Waals surface area contributed by atoms with Crippen LogP contribution in [0.3, 0.4) is 0 Å². The lowest BCUT2D eigenvalue weighted by molar-refractivity contribution is -0.144. The third kappa shape index (κ3) is 3.05. The molecule has 1 aromatic carbocycles. The zero-order valence-electron chi connectivity index (χ0n) is 16.4. The van der Waals surface area contributed by atoms with Crippen molar-refractivity contribution in [3.63, 3.8) is 0 Å². The summed E-state index contributed by atoms with van der Waals surface area (Å²) in [4.78, 5) is 33.1. The van der Waals surface area contributed by atoms with Crippen LogP contribution in [0.1, 0.15) is 48.2 Å². The van der Waals surface area contributed by atoms with Crippen LogP contribution in [0, 0.1) is 6.92 Å². The number of benzene rings is 1. The quantitative estimate of drug-likeness (QED) is 0.612. The Labute approximate surface area is 168 Å². The minimum absolute atomic E-state index is 0.127. The van der Waals surface area contributed by atoms with Gasteiger partial charge in [-0.05, 0) is 50.7 Å². The number of carbonyl (C=O) groups is 1. The van der Waals surface area contributed by atoms with Crippen LogP contribution in [0.4, 0.5) is 0 Å². The number of esters is 1. The van der Waals surface area contributed by atoms with Gasteiger partial charge in [-0.25, -0.2) is 9.78 Å². The summed E-state index contributed by atoms with van der Waals surface area (Å²) in [6.45, 7) is 3.90. The van der Waals surface area contributed by atoms with Gasteiger partial charge in [0.1, 0.15) is 16.7 Å². The van der Waals surface area contributed by atoms with Crippen molar-refractivity contribution in [1.29, 1.82) is 0 Å². The summed E-state index contributed by atoms with van der Waals surface area (Å²) in [7, 11) is 1.36. The van der Waals surface area contributed by atoms with Gasteiger partial charge in [-0.2, -0.15) is 0 Å². The van der Waals surface area contributed by atoms with Gasteiger partial charge in [-0.15, -0.1) is 11.3 Å². The predicted octanol–water partition coefficient (Wildman–Crippen LogP) is 4.44. The second kappa shape index (κ2) is 7.51. The molecule has 0 saturated heterocycles. The summed E-state index contributed by atoms with van der Waals surface area (Å²) >= 11 is 1.63. The number of aryl methyl sites for hydroxylation is 3. The van der Waals surface area contributed by atoms with E-state index in [4.69, 9.17) is 9.72 Å². The molecule has 2 heterocycles. The Morgan fingerprint density at radius 1 is 1.32 bits per heavy atom. The minimum atomic E-state index is -0.691. The first kappa shape index (κ1) is 18.9. The summed E-state index contributed by atoms with van der Waals surface area (Å²) in [6.07, 6.45) is 4.62. The summed E-state index contributed by atoms with van der Waals surface area (Å²) < 4.78 is 6.57. The normalized spacial score (nSPS) is 14.7. The lowest BCUT2D eigenvalue weighted by atomic mass is 9.97. The molecule has 2 aromatic heterocycles. The van der Waals surface area contributed by atoms with Gasteiger partial charge in [0.05, 0.1) is 12.5 Å². The lowest BCUT2D eigenvalue weighted by Gasteiger charge is -2.20. The summed E-state index contributed by atoms with van der Waals surface area (Å²) in [5.41, 5.74) is 2.92. The van der Waals surface area contributed by atoms with Gasteiger partial charge in [0.25, 0.3) is 5.56 Å². The van der Waals surface area contributed by atoms with Gasteiger partial charge in [0.2, 0.25) is 0 Å². The Balaban J connectivity index is 2.07. The van der Waals surface area contributed by atoms with Crippen LogP contribution in [-0.4, -0.2) is 22.6 Å². The van der Waals surface area contributed by atoms with E-state index in [1.54, 1.807) is 15.9 Å². The number of aromatic nitrogens is 2. The topological polar surface area (TPSA) is 61.2 Å². The molecule has 0 saturated carbocycles. The third-order valence-electron chi connectivity index (χ3n) is 5.47. The largest absolute Gasteiger partial charge is 0.467 e. The van der Waals surface area contributed by atoms with Crippen LogP contribution < -0.4 is 5.56 Å². The number of thiophene rings is 1. The van der Waals surface area contributed by atoms with E-state index in [0.29, 0.717) is 17.6 Å². The highest BCUT2D eigenvalue weighted by Crippen LogP contribution is 2.35. The number of rotatable bonds is 4. The summed E-state index contributed by atoms with van der Waals surface area (Å²) in [5, 5.41) is 0.693. The highest BCUT2D eigenvalue weighted by molar-refractivity contribution is 7.18. The minimum Gasteiger partial charge on any atom is -0.467 e. The molecule has 1 aliphatic carbocycles. The van der Waals surface area contributed by atoms with Crippen molar-refractivity contribution in [3.05, 3.63) is 50.6 Å². The maximum Gasteiger partial charge on any atom is 0.329 e. The van der Waals surface area contributed by atoms with E-state index in [9.17, 15) is 9.59 Å². The standard InChI is InChI=1S/C22H24N2O3S/c1-4-16(22(26)27-3)24-19(14-9-7-8-13(2)12-14)23-20-18(21(24)25)15-10-5-6-11-17(15)28-20/h7-9,12,16H,4-6,10-11H2,1-3H3. The van der Waals surface area contributed by atoms with E-state index in [1.165, 1.54) is 12.0 Å². The molecule has 1 unspecified atom stereocenters. The molecule has 28 heavy (non-hydrogen) atoms. The number of methoxy groups -OCH3 is 1. The monoisotopic (exact) mass is 396 g/mol. The average molecular weight is 397 g/mol. The Hall–Kier alpha value is -2.47. The fraction of sp³-hybridized carbons (Fsp3) is 0.409. The van der Waals surface area contributed by atoms with Gasteiger partial charge in [-0.3, -0.25) is 9.36 Å². The molecule has 1 atom stereocenters. The number of carbonyl (C=O) groups excluding carboxylic acids is 1. The lowest BCUT2D eigenvalue weighted by Crippen LogP contribution is -2.32. The van der Waals surface area contributed by atoms with Gasteiger partial charge in [0.15, 0.2) is 0 Å². The van der Waals surface area contributed by atoms with Crippen LogP contribution in [-0.2, 0) is 22.4 Å². The molecule has 1 aliphatic rings. The Morgan fingerprint density at radius 2 is 2.11 bits per heavy atom. The Morgan fingerprint density at radius 3 is 2.82 bits per heavy atom. The van der Waals surface area contributed by atoms with Crippen molar-refractivity contribution in [2.75, 3.05) is 7.11 Å². The number of hydrogen-bond acceptors (Lipinski definition) is 5.